The van der Waals surface area contributed by atoms with Gasteiger partial charge in [-0.2, -0.15) is 0 Å². The second kappa shape index (κ2) is 10.5. The maximum absolute atomic E-state index is 12.7. The highest BCUT2D eigenvalue weighted by molar-refractivity contribution is 6.37. The van der Waals surface area contributed by atoms with Gasteiger partial charge in [0.1, 0.15) is 31.1 Å². The molecular formula is C22H32N4O10. The SMILES string of the molecule is CC1CC(=O)N(CCNC(=O)CCC(C)(C)C(=O)OC[C@@H]2[C@@H](O)[C@H](O)[C@H](O)[C@H]3NC(=O)C(=O)N23)C1=O. The molecule has 36 heavy (non-hydrogen) atoms. The summed E-state index contributed by atoms with van der Waals surface area (Å²) in [5.41, 5.74) is -1.14. The number of likely N-dealkylation sites (tertiary alicyclic amines) is 1. The predicted molar refractivity (Wildman–Crippen MR) is 118 cm³/mol. The minimum Gasteiger partial charge on any atom is -0.463 e. The molecule has 0 saturated carbocycles. The van der Waals surface area contributed by atoms with Crippen LogP contribution in [0.25, 0.3) is 0 Å². The summed E-state index contributed by atoms with van der Waals surface area (Å²) in [4.78, 5) is 74.4. The maximum Gasteiger partial charge on any atom is 0.314 e. The van der Waals surface area contributed by atoms with E-state index in [-0.39, 0.29) is 50.1 Å². The third-order valence-corrected chi connectivity index (χ3v) is 6.82. The monoisotopic (exact) mass is 512 g/mol. The highest BCUT2D eigenvalue weighted by Gasteiger charge is 2.55. The fourth-order valence-corrected chi connectivity index (χ4v) is 4.44. The zero-order valence-electron chi connectivity index (χ0n) is 20.3. The van der Waals surface area contributed by atoms with E-state index in [4.69, 9.17) is 4.74 Å². The molecule has 0 radical (unpaired) electrons. The van der Waals surface area contributed by atoms with Crippen molar-refractivity contribution < 1.29 is 48.8 Å². The highest BCUT2D eigenvalue weighted by Crippen LogP contribution is 2.29. The highest BCUT2D eigenvalue weighted by atomic mass is 16.5. The first kappa shape index (κ1) is 27.5. The molecule has 3 saturated heterocycles. The Balaban J connectivity index is 1.47. The van der Waals surface area contributed by atoms with Crippen LogP contribution < -0.4 is 10.6 Å². The number of piperidine rings is 1. The lowest BCUT2D eigenvalue weighted by atomic mass is 9.87. The van der Waals surface area contributed by atoms with Gasteiger partial charge in [-0.3, -0.25) is 33.7 Å². The van der Waals surface area contributed by atoms with Gasteiger partial charge < -0.3 is 35.6 Å². The minimum atomic E-state index is -1.69. The number of hydrogen-bond acceptors (Lipinski definition) is 10. The first-order chi connectivity index (χ1) is 16.8. The number of imide groups is 1. The van der Waals surface area contributed by atoms with Gasteiger partial charge in [0.05, 0.1) is 11.5 Å². The summed E-state index contributed by atoms with van der Waals surface area (Å²) in [5, 5.41) is 35.3. The second-order valence-corrected chi connectivity index (χ2v) is 9.99. The molecule has 14 nitrogen and oxygen atoms in total. The van der Waals surface area contributed by atoms with E-state index in [1.807, 2.05) is 0 Å². The van der Waals surface area contributed by atoms with E-state index in [2.05, 4.69) is 10.6 Å². The van der Waals surface area contributed by atoms with E-state index in [9.17, 15) is 44.1 Å². The van der Waals surface area contributed by atoms with E-state index in [0.717, 1.165) is 9.80 Å². The largest absolute Gasteiger partial charge is 0.463 e. The Hall–Kier alpha value is -3.10. The number of carbonyl (C=O) groups excluding carboxylic acids is 6. The van der Waals surface area contributed by atoms with Gasteiger partial charge in [0.2, 0.25) is 17.7 Å². The molecule has 0 aromatic rings. The smallest absolute Gasteiger partial charge is 0.314 e. The number of aliphatic hydroxyl groups excluding tert-OH is 3. The molecule has 3 fully saturated rings. The number of fused-ring (bicyclic) bond motifs is 1. The third kappa shape index (κ3) is 5.34. The van der Waals surface area contributed by atoms with Gasteiger partial charge in [-0.25, -0.2) is 0 Å². The molecule has 0 bridgehead atoms. The molecule has 3 rings (SSSR count). The molecule has 5 N–H and O–H groups in total. The number of nitrogens with one attached hydrogen (secondary N) is 2. The van der Waals surface area contributed by atoms with Gasteiger partial charge in [-0.15, -0.1) is 0 Å². The molecule has 14 heteroatoms. The molecule has 200 valence electrons. The van der Waals surface area contributed by atoms with Gasteiger partial charge in [0.15, 0.2) is 0 Å². The molecule has 1 unspecified atom stereocenters. The van der Waals surface area contributed by atoms with Crippen LogP contribution in [0.5, 0.6) is 0 Å². The number of rotatable bonds is 9. The molecule has 3 heterocycles. The quantitative estimate of drug-likeness (QED) is 0.118. The van der Waals surface area contributed by atoms with Gasteiger partial charge in [-0.05, 0) is 20.3 Å². The molecule has 3 aliphatic heterocycles. The van der Waals surface area contributed by atoms with E-state index >= 15 is 0 Å². The third-order valence-electron chi connectivity index (χ3n) is 6.82. The predicted octanol–water partition coefficient (Wildman–Crippen LogP) is -3.40. The number of ether oxygens (including phenoxy) is 1. The topological polar surface area (TPSA) is 203 Å². The Morgan fingerprint density at radius 2 is 1.78 bits per heavy atom. The molecule has 0 aromatic carbocycles. The minimum absolute atomic E-state index is 0.0531. The van der Waals surface area contributed by atoms with Crippen LogP contribution in [0.1, 0.15) is 40.0 Å². The van der Waals surface area contributed by atoms with Crippen molar-refractivity contribution in [2.24, 2.45) is 11.3 Å². The Labute approximate surface area is 206 Å². The van der Waals surface area contributed by atoms with E-state index in [1.54, 1.807) is 6.92 Å². The van der Waals surface area contributed by atoms with Crippen LogP contribution >= 0.6 is 0 Å². The van der Waals surface area contributed by atoms with E-state index in [0.29, 0.717) is 0 Å². The first-order valence-corrected chi connectivity index (χ1v) is 11.7. The number of esters is 1. The van der Waals surface area contributed by atoms with Gasteiger partial charge in [0, 0.05) is 31.8 Å². The van der Waals surface area contributed by atoms with Gasteiger partial charge >= 0.3 is 17.8 Å². The van der Waals surface area contributed by atoms with Crippen molar-refractivity contribution in [3.63, 3.8) is 0 Å². The lowest BCUT2D eigenvalue weighted by molar-refractivity contribution is -0.184. The lowest BCUT2D eigenvalue weighted by Gasteiger charge is -2.44. The van der Waals surface area contributed by atoms with E-state index in [1.165, 1.54) is 13.8 Å². The average Bonchev–Trinajstić information content (AvgIpc) is 3.25. The Morgan fingerprint density at radius 1 is 1.11 bits per heavy atom. The molecule has 0 aliphatic carbocycles. The van der Waals surface area contributed by atoms with Crippen LogP contribution in [-0.4, -0.2) is 111 Å². The van der Waals surface area contributed by atoms with Crippen molar-refractivity contribution in [1.29, 1.82) is 0 Å². The van der Waals surface area contributed by atoms with Crippen LogP contribution in [0, 0.1) is 11.3 Å². The summed E-state index contributed by atoms with van der Waals surface area (Å²) in [6.07, 6.45) is -6.07. The molecule has 6 atom stereocenters. The zero-order valence-corrected chi connectivity index (χ0v) is 20.3. The molecule has 0 aromatic heterocycles. The molecular weight excluding hydrogens is 480 g/mol. The standard InChI is InChI=1S/C22H32N4O10/c1-10-8-13(28)25(19(10)33)7-6-23-12(27)4-5-22(2,3)21(35)36-9-11-14(29)15(30)16(31)17-24-18(32)20(34)26(11)17/h10-11,14-17,29-31H,4-9H2,1-3H3,(H,23,27)(H,24,32)/t10?,11-,14-,15+,16+,17+/m1/s1. The van der Waals surface area contributed by atoms with E-state index < -0.39 is 66.2 Å². The lowest BCUT2D eigenvalue weighted by Crippen LogP contribution is -2.68. The summed E-state index contributed by atoms with van der Waals surface area (Å²) in [7, 11) is 0. The molecule has 0 spiro atoms. The van der Waals surface area contributed by atoms with Crippen molar-refractivity contribution in [3.05, 3.63) is 0 Å². The Bertz CT molecular complexity index is 953. The summed E-state index contributed by atoms with van der Waals surface area (Å²) in [6.45, 7) is 4.34. The fourth-order valence-electron chi connectivity index (χ4n) is 4.44. The van der Waals surface area contributed by atoms with Gasteiger partial charge in [-0.1, -0.05) is 6.92 Å². The normalized spacial score (nSPS) is 30.4. The molecule has 3 aliphatic rings. The number of amides is 5. The molecule has 5 amide bonds. The summed E-state index contributed by atoms with van der Waals surface area (Å²) in [5.74, 6) is -4.10. The summed E-state index contributed by atoms with van der Waals surface area (Å²) < 4.78 is 5.27. The van der Waals surface area contributed by atoms with Gasteiger partial charge in [0.25, 0.3) is 0 Å². The van der Waals surface area contributed by atoms with Crippen LogP contribution in [-0.2, 0) is 33.5 Å². The van der Waals surface area contributed by atoms with Crippen LogP contribution in [0.4, 0.5) is 0 Å². The van der Waals surface area contributed by atoms with Crippen LogP contribution in [0.3, 0.4) is 0 Å². The Kier molecular flexibility index (Phi) is 8.00. The summed E-state index contributed by atoms with van der Waals surface area (Å²) >= 11 is 0. The van der Waals surface area contributed by atoms with Crippen molar-refractivity contribution in [1.82, 2.24) is 20.4 Å². The number of nitrogens with zero attached hydrogens (tertiary/aromatic N) is 2. The van der Waals surface area contributed by atoms with Crippen LogP contribution in [0.2, 0.25) is 0 Å². The Morgan fingerprint density at radius 3 is 2.39 bits per heavy atom. The number of aliphatic hydroxyl groups is 3. The van der Waals surface area contributed by atoms with Crippen molar-refractivity contribution in [3.8, 4) is 0 Å². The second-order valence-electron chi connectivity index (χ2n) is 9.99. The average molecular weight is 513 g/mol. The first-order valence-electron chi connectivity index (χ1n) is 11.7. The fraction of sp³-hybridized carbons (Fsp3) is 0.727. The maximum atomic E-state index is 12.7. The van der Waals surface area contributed by atoms with Crippen molar-refractivity contribution in [2.45, 2.75) is 70.6 Å². The number of carbonyl (C=O) groups is 6. The summed E-state index contributed by atoms with van der Waals surface area (Å²) in [6, 6.07) is -1.28. The van der Waals surface area contributed by atoms with Crippen LogP contribution in [0.15, 0.2) is 0 Å². The van der Waals surface area contributed by atoms with Crippen molar-refractivity contribution >= 4 is 35.5 Å². The zero-order chi connectivity index (χ0) is 26.9. The van der Waals surface area contributed by atoms with Crippen molar-refractivity contribution in [2.75, 3.05) is 19.7 Å². The number of hydrogen-bond donors (Lipinski definition) is 5.